The van der Waals surface area contributed by atoms with E-state index in [4.69, 9.17) is 15.1 Å². The van der Waals surface area contributed by atoms with E-state index < -0.39 is 5.54 Å². The largest absolute Gasteiger partial charge is 0.418 e. The van der Waals surface area contributed by atoms with Crippen LogP contribution < -0.4 is 5.73 Å². The van der Waals surface area contributed by atoms with Crippen molar-refractivity contribution in [1.29, 1.82) is 0 Å². The molecule has 1 aliphatic heterocycles. The number of likely N-dealkylation sites (tertiary alicyclic amines) is 1. The van der Waals surface area contributed by atoms with Crippen molar-refractivity contribution in [3.05, 3.63) is 92.2 Å². The fourth-order valence-corrected chi connectivity index (χ4v) is 6.85. The van der Waals surface area contributed by atoms with Crippen LogP contribution in [0, 0.1) is 20.8 Å². The lowest BCUT2D eigenvalue weighted by atomic mass is 9.93. The van der Waals surface area contributed by atoms with Gasteiger partial charge in [0.25, 0.3) is 5.91 Å². The van der Waals surface area contributed by atoms with E-state index in [9.17, 15) is 4.79 Å². The van der Waals surface area contributed by atoms with Gasteiger partial charge in [0, 0.05) is 39.2 Å². The van der Waals surface area contributed by atoms with Crippen LogP contribution in [-0.2, 0) is 5.54 Å². The van der Waals surface area contributed by atoms with Crippen LogP contribution in [0.2, 0.25) is 0 Å². The minimum Gasteiger partial charge on any atom is -0.418 e. The highest BCUT2D eigenvalue weighted by atomic mass is 32.1. The number of thiazole rings is 2. The number of rotatable bonds is 6. The number of carbonyl (C=O) groups excluding carboxylic acids is 1. The number of nitrogens with two attached hydrogens (primary N) is 1. The van der Waals surface area contributed by atoms with Gasteiger partial charge in [0.15, 0.2) is 0 Å². The molecular formula is C30H30N6O2S2. The van der Waals surface area contributed by atoms with Crippen LogP contribution in [-0.4, -0.2) is 37.5 Å². The molecule has 6 rings (SSSR count). The Bertz CT molecular complexity index is 1670. The smallest absolute Gasteiger partial charge is 0.254 e. The van der Waals surface area contributed by atoms with Crippen molar-refractivity contribution in [2.75, 3.05) is 6.54 Å². The van der Waals surface area contributed by atoms with Crippen molar-refractivity contribution in [3.8, 4) is 22.0 Å². The molecule has 0 saturated carbocycles. The number of benzene rings is 2. The Morgan fingerprint density at radius 2 is 1.85 bits per heavy atom. The van der Waals surface area contributed by atoms with Crippen LogP contribution in [0.5, 0.6) is 0 Å². The number of nitrogens with zero attached hydrogens (tertiary/aromatic N) is 5. The summed E-state index contributed by atoms with van der Waals surface area (Å²) >= 11 is 3.21. The predicted octanol–water partition coefficient (Wildman–Crippen LogP) is 6.44. The summed E-state index contributed by atoms with van der Waals surface area (Å²) in [5.74, 6) is 0.555. The average molecular weight is 571 g/mol. The zero-order valence-electron chi connectivity index (χ0n) is 22.8. The fraction of sp³-hybridized carbons (Fsp3) is 0.300. The Morgan fingerprint density at radius 1 is 1.07 bits per heavy atom. The van der Waals surface area contributed by atoms with Crippen molar-refractivity contribution in [2.24, 2.45) is 5.73 Å². The van der Waals surface area contributed by atoms with Gasteiger partial charge in [-0.25, -0.2) is 9.97 Å². The minimum atomic E-state index is -0.971. The molecule has 1 unspecified atom stereocenters. The van der Waals surface area contributed by atoms with Crippen molar-refractivity contribution in [3.63, 3.8) is 0 Å². The molecule has 10 heteroatoms. The van der Waals surface area contributed by atoms with Gasteiger partial charge in [-0.2, -0.15) is 0 Å². The van der Waals surface area contributed by atoms with Crippen molar-refractivity contribution in [2.45, 2.75) is 52.1 Å². The summed E-state index contributed by atoms with van der Waals surface area (Å²) in [5.41, 5.74) is 10.5. The summed E-state index contributed by atoms with van der Waals surface area (Å²) in [4.78, 5) is 26.5. The second-order valence-corrected chi connectivity index (χ2v) is 12.5. The van der Waals surface area contributed by atoms with Gasteiger partial charge >= 0.3 is 0 Å². The van der Waals surface area contributed by atoms with E-state index in [0.717, 1.165) is 50.2 Å². The van der Waals surface area contributed by atoms with Crippen LogP contribution in [0.3, 0.4) is 0 Å². The standard InChI is InChI=1S/C30H30N6O2S2/c1-17-16-39-27(32-17)24-11-8-12-36(24)28(37)22-14-20(13-21(15-22)26-33-18(2)19(3)40-26)25-34-35-29(38-25)30(4,31)23-9-6-5-7-10-23/h5-7,9-10,13-16,24H,8,11-12,31H2,1-4H3/t24-,30?/m1/s1. The molecule has 0 spiro atoms. The van der Waals surface area contributed by atoms with Crippen molar-refractivity contribution < 1.29 is 9.21 Å². The highest BCUT2D eigenvalue weighted by Gasteiger charge is 2.34. The maximum absolute atomic E-state index is 14.0. The molecule has 2 aromatic carbocycles. The van der Waals surface area contributed by atoms with Gasteiger partial charge < -0.3 is 15.1 Å². The first-order chi connectivity index (χ1) is 19.2. The van der Waals surface area contributed by atoms with Gasteiger partial charge in [0.1, 0.15) is 15.6 Å². The molecule has 1 aliphatic rings. The zero-order valence-corrected chi connectivity index (χ0v) is 24.5. The molecule has 0 aliphatic carbocycles. The number of hydrogen-bond donors (Lipinski definition) is 1. The van der Waals surface area contributed by atoms with Crippen LogP contribution >= 0.6 is 22.7 Å². The van der Waals surface area contributed by atoms with Gasteiger partial charge in [0.2, 0.25) is 11.8 Å². The third-order valence-electron chi connectivity index (χ3n) is 7.38. The summed E-state index contributed by atoms with van der Waals surface area (Å²) in [5, 5.41) is 12.5. The molecule has 1 amide bonds. The summed E-state index contributed by atoms with van der Waals surface area (Å²) in [6, 6.07) is 15.3. The van der Waals surface area contributed by atoms with Gasteiger partial charge in [0.05, 0.1) is 11.7 Å². The van der Waals surface area contributed by atoms with E-state index in [1.165, 1.54) is 0 Å². The second kappa shape index (κ2) is 10.3. The van der Waals surface area contributed by atoms with E-state index in [2.05, 4.69) is 15.2 Å². The zero-order chi connectivity index (χ0) is 28.0. The van der Waals surface area contributed by atoms with Gasteiger partial charge in [-0.15, -0.1) is 32.9 Å². The minimum absolute atomic E-state index is 0.0264. The van der Waals surface area contributed by atoms with Gasteiger partial charge in [-0.1, -0.05) is 30.3 Å². The van der Waals surface area contributed by atoms with Crippen molar-refractivity contribution >= 4 is 28.6 Å². The monoisotopic (exact) mass is 570 g/mol. The molecule has 3 aromatic heterocycles. The number of aryl methyl sites for hydroxylation is 3. The average Bonchev–Trinajstić information content (AvgIpc) is 3.76. The molecule has 2 N–H and O–H groups in total. The SMILES string of the molecule is Cc1csc([C@H]2CCCN2C(=O)c2cc(-c3nnc(C(C)(N)c4ccccc4)o3)cc(-c3nc(C)c(C)s3)c2)n1. The Labute approximate surface area is 240 Å². The van der Waals surface area contributed by atoms with Crippen molar-refractivity contribution in [1.82, 2.24) is 25.1 Å². The molecule has 0 radical (unpaired) electrons. The highest BCUT2D eigenvalue weighted by Crippen LogP contribution is 2.37. The molecule has 5 aromatic rings. The maximum atomic E-state index is 14.0. The number of hydrogen-bond acceptors (Lipinski definition) is 9. The molecule has 1 fully saturated rings. The lowest BCUT2D eigenvalue weighted by Gasteiger charge is -2.23. The first kappa shape index (κ1) is 26.5. The molecule has 40 heavy (non-hydrogen) atoms. The maximum Gasteiger partial charge on any atom is 0.254 e. The quantitative estimate of drug-likeness (QED) is 0.250. The number of aromatic nitrogens is 4. The Balaban J connectivity index is 1.41. The Morgan fingerprint density at radius 3 is 2.55 bits per heavy atom. The van der Waals surface area contributed by atoms with E-state index in [1.54, 1.807) is 22.7 Å². The molecule has 2 atom stereocenters. The molecule has 1 saturated heterocycles. The van der Waals surface area contributed by atoms with E-state index in [-0.39, 0.29) is 11.9 Å². The molecular weight excluding hydrogens is 541 g/mol. The van der Waals surface area contributed by atoms with Gasteiger partial charge in [-0.05, 0) is 64.3 Å². The predicted molar refractivity (Wildman–Crippen MR) is 157 cm³/mol. The van der Waals surface area contributed by atoms with Crippen LogP contribution in [0.15, 0.2) is 58.3 Å². The normalized spacial score (nSPS) is 16.8. The van der Waals surface area contributed by atoms with E-state index >= 15 is 0 Å². The molecule has 8 nitrogen and oxygen atoms in total. The van der Waals surface area contributed by atoms with E-state index in [1.807, 2.05) is 86.5 Å². The first-order valence-corrected chi connectivity index (χ1v) is 14.9. The van der Waals surface area contributed by atoms with Crippen LogP contribution in [0.25, 0.3) is 22.0 Å². The third-order valence-corrected chi connectivity index (χ3v) is 9.57. The number of amides is 1. The molecule has 0 bridgehead atoms. The molecule has 204 valence electrons. The Kier molecular flexibility index (Phi) is 6.85. The topological polar surface area (TPSA) is 111 Å². The Hall–Kier alpha value is -3.73. The van der Waals surface area contributed by atoms with E-state index in [0.29, 0.717) is 29.5 Å². The number of carbonyl (C=O) groups is 1. The summed E-state index contributed by atoms with van der Waals surface area (Å²) in [6.07, 6.45) is 1.84. The summed E-state index contributed by atoms with van der Waals surface area (Å²) in [7, 11) is 0. The van der Waals surface area contributed by atoms with Crippen LogP contribution in [0.1, 0.15) is 68.9 Å². The lowest BCUT2D eigenvalue weighted by molar-refractivity contribution is 0.0735. The molecule has 4 heterocycles. The first-order valence-electron chi connectivity index (χ1n) is 13.2. The second-order valence-electron chi connectivity index (χ2n) is 10.4. The fourth-order valence-electron chi connectivity index (χ4n) is 5.01. The summed E-state index contributed by atoms with van der Waals surface area (Å²) < 4.78 is 6.16. The third kappa shape index (κ3) is 4.87. The van der Waals surface area contributed by atoms with Crippen LogP contribution in [0.4, 0.5) is 0 Å². The lowest BCUT2D eigenvalue weighted by Crippen LogP contribution is -2.34. The summed E-state index contributed by atoms with van der Waals surface area (Å²) in [6.45, 7) is 8.56. The highest BCUT2D eigenvalue weighted by molar-refractivity contribution is 7.15. The van der Waals surface area contributed by atoms with Gasteiger partial charge in [-0.3, -0.25) is 4.79 Å².